The molecule has 1 aromatic rings. The summed E-state index contributed by atoms with van der Waals surface area (Å²) >= 11 is 0. The maximum absolute atomic E-state index is 11.8. The molecular formula is C15H22N2O3. The zero-order valence-electron chi connectivity index (χ0n) is 11.9. The monoisotopic (exact) mass is 278 g/mol. The molecule has 5 nitrogen and oxygen atoms in total. The summed E-state index contributed by atoms with van der Waals surface area (Å²) in [6.07, 6.45) is 2.42. The van der Waals surface area contributed by atoms with Crippen LogP contribution in [0.4, 0.5) is 11.4 Å². The van der Waals surface area contributed by atoms with Crippen molar-refractivity contribution in [2.45, 2.75) is 12.8 Å². The van der Waals surface area contributed by atoms with E-state index in [1.54, 1.807) is 7.11 Å². The molecule has 20 heavy (non-hydrogen) atoms. The fourth-order valence-electron chi connectivity index (χ4n) is 2.31. The van der Waals surface area contributed by atoms with E-state index in [9.17, 15) is 4.79 Å². The van der Waals surface area contributed by atoms with Gasteiger partial charge in [-0.05, 0) is 25.0 Å². The van der Waals surface area contributed by atoms with Crippen molar-refractivity contribution in [3.05, 3.63) is 24.3 Å². The van der Waals surface area contributed by atoms with E-state index >= 15 is 0 Å². The maximum atomic E-state index is 11.8. The van der Waals surface area contributed by atoms with Crippen LogP contribution >= 0.6 is 0 Å². The lowest BCUT2D eigenvalue weighted by atomic mass is 10.2. The van der Waals surface area contributed by atoms with Gasteiger partial charge in [-0.1, -0.05) is 12.1 Å². The van der Waals surface area contributed by atoms with Gasteiger partial charge in [-0.15, -0.1) is 0 Å². The van der Waals surface area contributed by atoms with Crippen LogP contribution in [0.5, 0.6) is 0 Å². The largest absolute Gasteiger partial charge is 0.382 e. The molecule has 1 amide bonds. The first-order chi connectivity index (χ1) is 9.81. The smallest absolute Gasteiger partial charge is 0.250 e. The van der Waals surface area contributed by atoms with E-state index in [4.69, 9.17) is 9.47 Å². The van der Waals surface area contributed by atoms with Crippen LogP contribution in [-0.2, 0) is 14.3 Å². The fourth-order valence-corrected chi connectivity index (χ4v) is 2.31. The second kappa shape index (κ2) is 7.87. The van der Waals surface area contributed by atoms with Gasteiger partial charge in [-0.25, -0.2) is 0 Å². The summed E-state index contributed by atoms with van der Waals surface area (Å²) in [6.45, 7) is 3.08. The Balaban J connectivity index is 1.89. The molecule has 0 atom stereocenters. The van der Waals surface area contributed by atoms with Crippen LogP contribution in [0, 0.1) is 0 Å². The number of rotatable bonds is 7. The summed E-state index contributed by atoms with van der Waals surface area (Å²) < 4.78 is 10.1. The van der Waals surface area contributed by atoms with E-state index in [1.807, 2.05) is 24.3 Å². The summed E-state index contributed by atoms with van der Waals surface area (Å²) in [7, 11) is 1.61. The van der Waals surface area contributed by atoms with E-state index in [1.165, 1.54) is 12.8 Å². The van der Waals surface area contributed by atoms with Gasteiger partial charge in [0, 0.05) is 20.2 Å². The van der Waals surface area contributed by atoms with Crippen LogP contribution in [0.2, 0.25) is 0 Å². The Morgan fingerprint density at radius 3 is 2.75 bits per heavy atom. The minimum Gasteiger partial charge on any atom is -0.382 e. The van der Waals surface area contributed by atoms with Gasteiger partial charge >= 0.3 is 0 Å². The molecule has 1 aliphatic heterocycles. The number of anilines is 2. The van der Waals surface area contributed by atoms with E-state index in [0.717, 1.165) is 24.5 Å². The van der Waals surface area contributed by atoms with Crippen molar-refractivity contribution in [1.29, 1.82) is 0 Å². The minimum atomic E-state index is -0.132. The Kier molecular flexibility index (Phi) is 5.83. The van der Waals surface area contributed by atoms with Crippen molar-refractivity contribution in [3.63, 3.8) is 0 Å². The molecule has 1 N–H and O–H groups in total. The molecule has 1 aliphatic rings. The van der Waals surface area contributed by atoms with Gasteiger partial charge in [-0.2, -0.15) is 0 Å². The molecule has 110 valence electrons. The minimum absolute atomic E-state index is 0.0533. The topological polar surface area (TPSA) is 50.8 Å². The molecule has 1 aromatic carbocycles. The van der Waals surface area contributed by atoms with E-state index in [0.29, 0.717) is 13.2 Å². The van der Waals surface area contributed by atoms with Crippen LogP contribution in [0.1, 0.15) is 12.8 Å². The normalized spacial score (nSPS) is 14.6. The first-order valence-electron chi connectivity index (χ1n) is 7.02. The molecule has 0 radical (unpaired) electrons. The Morgan fingerprint density at radius 2 is 2.00 bits per heavy atom. The highest BCUT2D eigenvalue weighted by molar-refractivity contribution is 5.95. The lowest BCUT2D eigenvalue weighted by Crippen LogP contribution is -2.23. The Morgan fingerprint density at radius 1 is 1.25 bits per heavy atom. The number of carbonyl (C=O) groups excluding carboxylic acids is 1. The molecular weight excluding hydrogens is 256 g/mol. The zero-order chi connectivity index (χ0) is 14.2. The molecule has 0 aromatic heterocycles. The van der Waals surface area contributed by atoms with Gasteiger partial charge in [0.15, 0.2) is 0 Å². The number of hydrogen-bond donors (Lipinski definition) is 1. The number of para-hydroxylation sites is 2. The summed E-state index contributed by atoms with van der Waals surface area (Å²) in [5, 5.41) is 2.92. The number of nitrogens with zero attached hydrogens (tertiary/aromatic N) is 1. The third-order valence-corrected chi connectivity index (χ3v) is 3.29. The SMILES string of the molecule is COCCOCC(=O)Nc1ccccc1N1CCCC1. The highest BCUT2D eigenvalue weighted by Crippen LogP contribution is 2.28. The number of ether oxygens (including phenoxy) is 2. The van der Waals surface area contributed by atoms with Crippen LogP contribution in [0.3, 0.4) is 0 Å². The van der Waals surface area contributed by atoms with Gasteiger partial charge in [-0.3, -0.25) is 4.79 Å². The number of benzene rings is 1. The molecule has 1 heterocycles. The van der Waals surface area contributed by atoms with E-state index in [-0.39, 0.29) is 12.5 Å². The average Bonchev–Trinajstić information content (AvgIpc) is 2.98. The van der Waals surface area contributed by atoms with Crippen molar-refractivity contribution >= 4 is 17.3 Å². The average molecular weight is 278 g/mol. The Labute approximate surface area is 119 Å². The van der Waals surface area contributed by atoms with Crippen molar-refractivity contribution in [2.75, 3.05) is 50.2 Å². The van der Waals surface area contributed by atoms with Gasteiger partial charge in [0.05, 0.1) is 24.6 Å². The quantitative estimate of drug-likeness (QED) is 0.774. The summed E-state index contributed by atoms with van der Waals surface area (Å²) in [4.78, 5) is 14.2. The number of hydrogen-bond acceptors (Lipinski definition) is 4. The summed E-state index contributed by atoms with van der Waals surface area (Å²) in [6, 6.07) is 7.91. The van der Waals surface area contributed by atoms with Crippen molar-refractivity contribution in [1.82, 2.24) is 0 Å². The second-order valence-electron chi connectivity index (χ2n) is 4.80. The molecule has 0 aliphatic carbocycles. The summed E-state index contributed by atoms with van der Waals surface area (Å²) in [5.41, 5.74) is 1.95. The van der Waals surface area contributed by atoms with Gasteiger partial charge in [0.2, 0.25) is 5.91 Å². The Hall–Kier alpha value is -1.59. The molecule has 0 bridgehead atoms. The molecule has 0 unspecified atom stereocenters. The molecule has 0 spiro atoms. The predicted molar refractivity (Wildman–Crippen MR) is 79.2 cm³/mol. The molecule has 1 saturated heterocycles. The van der Waals surface area contributed by atoms with Gasteiger partial charge in [0.1, 0.15) is 6.61 Å². The summed E-state index contributed by atoms with van der Waals surface area (Å²) in [5.74, 6) is -0.132. The van der Waals surface area contributed by atoms with Crippen molar-refractivity contribution in [2.24, 2.45) is 0 Å². The lowest BCUT2D eigenvalue weighted by Gasteiger charge is -2.21. The van der Waals surface area contributed by atoms with E-state index < -0.39 is 0 Å². The first kappa shape index (κ1) is 14.8. The number of nitrogens with one attached hydrogen (secondary N) is 1. The number of carbonyl (C=O) groups is 1. The van der Waals surface area contributed by atoms with Crippen molar-refractivity contribution in [3.8, 4) is 0 Å². The molecule has 1 fully saturated rings. The van der Waals surface area contributed by atoms with Crippen LogP contribution in [-0.4, -0.2) is 45.9 Å². The van der Waals surface area contributed by atoms with Crippen LogP contribution in [0.25, 0.3) is 0 Å². The predicted octanol–water partition coefficient (Wildman–Crippen LogP) is 1.89. The molecule has 2 rings (SSSR count). The van der Waals surface area contributed by atoms with E-state index in [2.05, 4.69) is 10.2 Å². The van der Waals surface area contributed by atoms with Gasteiger partial charge in [0.25, 0.3) is 0 Å². The fraction of sp³-hybridized carbons (Fsp3) is 0.533. The number of amides is 1. The maximum Gasteiger partial charge on any atom is 0.250 e. The second-order valence-corrected chi connectivity index (χ2v) is 4.80. The van der Waals surface area contributed by atoms with Crippen molar-refractivity contribution < 1.29 is 14.3 Å². The Bertz CT molecular complexity index is 431. The number of methoxy groups -OCH3 is 1. The lowest BCUT2D eigenvalue weighted by molar-refractivity contribution is -0.121. The van der Waals surface area contributed by atoms with Crippen LogP contribution in [0.15, 0.2) is 24.3 Å². The third-order valence-electron chi connectivity index (χ3n) is 3.29. The highest BCUT2D eigenvalue weighted by atomic mass is 16.5. The zero-order valence-corrected chi connectivity index (χ0v) is 11.9. The standard InChI is InChI=1S/C15H22N2O3/c1-19-10-11-20-12-15(18)16-13-6-2-3-7-14(13)17-8-4-5-9-17/h2-3,6-7H,4-5,8-12H2,1H3,(H,16,18). The molecule has 5 heteroatoms. The van der Waals surface area contributed by atoms with Gasteiger partial charge < -0.3 is 19.7 Å². The van der Waals surface area contributed by atoms with Crippen LogP contribution < -0.4 is 10.2 Å². The first-order valence-corrected chi connectivity index (χ1v) is 7.02. The third kappa shape index (κ3) is 4.21. The highest BCUT2D eigenvalue weighted by Gasteiger charge is 2.16. The molecule has 0 saturated carbocycles.